The van der Waals surface area contributed by atoms with Crippen LogP contribution in [0.4, 0.5) is 0 Å². The van der Waals surface area contributed by atoms with Crippen molar-refractivity contribution in [2.24, 2.45) is 0 Å². The molecule has 0 aliphatic carbocycles. The number of rotatable bonds is 5. The fraction of sp³-hybridized carbons (Fsp3) is 0. The molecular formula is C50H31N5. The quantitative estimate of drug-likeness (QED) is 0.132. The molecule has 0 spiro atoms. The van der Waals surface area contributed by atoms with E-state index in [0.29, 0.717) is 17.5 Å². The average Bonchev–Trinajstić information content (AvgIpc) is 3.67. The summed E-state index contributed by atoms with van der Waals surface area (Å²) in [4.78, 5) is 20.6. The minimum absolute atomic E-state index is 0.605. The van der Waals surface area contributed by atoms with Crippen molar-refractivity contribution in [3.8, 4) is 51.2 Å². The molecule has 2 heterocycles. The lowest BCUT2D eigenvalue weighted by Gasteiger charge is -2.14. The van der Waals surface area contributed by atoms with Crippen molar-refractivity contribution in [3.05, 3.63) is 188 Å². The van der Waals surface area contributed by atoms with Gasteiger partial charge in [-0.2, -0.15) is 0 Å². The molecule has 11 aromatic rings. The third kappa shape index (κ3) is 5.24. The zero-order valence-corrected chi connectivity index (χ0v) is 29.6. The summed E-state index contributed by atoms with van der Waals surface area (Å²) in [6.45, 7) is 0. The second-order valence-corrected chi connectivity index (χ2v) is 13.9. The Kier molecular flexibility index (Phi) is 7.10. The smallest absolute Gasteiger partial charge is 0.164 e. The molecule has 0 fully saturated rings. The molecule has 0 aliphatic rings. The number of hydrogen-bond donors (Lipinski definition) is 0. The van der Waals surface area contributed by atoms with E-state index in [1.54, 1.807) is 0 Å². The van der Waals surface area contributed by atoms with Gasteiger partial charge in [-0.3, -0.25) is 4.57 Å². The summed E-state index contributed by atoms with van der Waals surface area (Å²) >= 11 is 0. The molecule has 5 heteroatoms. The Morgan fingerprint density at radius 2 is 0.818 bits per heavy atom. The lowest BCUT2D eigenvalue weighted by molar-refractivity contribution is 1.07. The molecule has 5 nitrogen and oxygen atoms in total. The van der Waals surface area contributed by atoms with E-state index in [4.69, 9.17) is 19.9 Å². The first-order valence-electron chi connectivity index (χ1n) is 18.5. The Bertz CT molecular complexity index is 3200. The number of hydrogen-bond acceptors (Lipinski definition) is 4. The zero-order valence-electron chi connectivity index (χ0n) is 29.6. The van der Waals surface area contributed by atoms with E-state index < -0.39 is 0 Å². The number of imidazole rings is 1. The van der Waals surface area contributed by atoms with Crippen LogP contribution in [0, 0.1) is 0 Å². The van der Waals surface area contributed by atoms with E-state index in [2.05, 4.69) is 132 Å². The number of benzene rings is 9. The maximum absolute atomic E-state index is 5.54. The highest BCUT2D eigenvalue weighted by atomic mass is 15.1. The molecule has 55 heavy (non-hydrogen) atoms. The molecule has 0 N–H and O–H groups in total. The second-order valence-electron chi connectivity index (χ2n) is 13.9. The summed E-state index contributed by atoms with van der Waals surface area (Å²) < 4.78 is 2.33. The van der Waals surface area contributed by atoms with Crippen LogP contribution < -0.4 is 0 Å². The predicted molar refractivity (Wildman–Crippen MR) is 226 cm³/mol. The van der Waals surface area contributed by atoms with Crippen LogP contribution in [0.2, 0.25) is 0 Å². The van der Waals surface area contributed by atoms with Crippen LogP contribution in [-0.4, -0.2) is 24.5 Å². The molecule has 0 bridgehead atoms. The van der Waals surface area contributed by atoms with Gasteiger partial charge in [-0.05, 0) is 62.6 Å². The van der Waals surface area contributed by atoms with Gasteiger partial charge in [0.25, 0.3) is 0 Å². The first-order chi connectivity index (χ1) is 27.2. The SMILES string of the molecule is c1ccc(-c2nc(-c3ccccc3)nc(-c3cccc(-n4c(-c5ccc6cc7ccccc7cc6c5)nc5c6ccccc6c6ccccc6c54)c3)n2)cc1. The average molecular weight is 702 g/mol. The van der Waals surface area contributed by atoms with Gasteiger partial charge in [-0.25, -0.2) is 19.9 Å². The first-order valence-corrected chi connectivity index (χ1v) is 18.5. The molecule has 0 radical (unpaired) electrons. The van der Waals surface area contributed by atoms with Crippen LogP contribution in [0.5, 0.6) is 0 Å². The van der Waals surface area contributed by atoms with Gasteiger partial charge in [-0.15, -0.1) is 0 Å². The molecule has 0 atom stereocenters. The Labute approximate surface area is 316 Å². The standard InChI is InChI=1S/C50H31N5/c1-3-14-32(15-4-1)47-52-48(33-16-5-2-6-17-33)54-49(53-47)37-20-13-21-40(31-37)55-46-44-25-12-10-23-42(44)41-22-9-11-24-43(41)45(46)51-50(55)38-27-26-36-28-34-18-7-8-19-35(34)29-39(36)30-38/h1-31H. The molecule has 9 aromatic carbocycles. The molecule has 0 aliphatic heterocycles. The Hall–Kier alpha value is -7.50. The summed E-state index contributed by atoms with van der Waals surface area (Å²) in [6.07, 6.45) is 0. The Morgan fingerprint density at radius 1 is 0.309 bits per heavy atom. The van der Waals surface area contributed by atoms with E-state index in [-0.39, 0.29) is 0 Å². The highest BCUT2D eigenvalue weighted by Gasteiger charge is 2.21. The number of nitrogens with zero attached hydrogens (tertiary/aromatic N) is 5. The van der Waals surface area contributed by atoms with Gasteiger partial charge in [0.1, 0.15) is 5.82 Å². The summed E-state index contributed by atoms with van der Waals surface area (Å²) in [5.41, 5.74) is 6.79. The lowest BCUT2D eigenvalue weighted by Crippen LogP contribution is -2.02. The largest absolute Gasteiger partial charge is 0.292 e. The van der Waals surface area contributed by atoms with E-state index in [0.717, 1.165) is 55.6 Å². The third-order valence-corrected chi connectivity index (χ3v) is 10.6. The van der Waals surface area contributed by atoms with E-state index in [1.165, 1.54) is 32.3 Å². The molecule has 0 saturated heterocycles. The molecular weight excluding hydrogens is 671 g/mol. The lowest BCUT2D eigenvalue weighted by atomic mass is 10.00. The van der Waals surface area contributed by atoms with Crippen molar-refractivity contribution < 1.29 is 0 Å². The van der Waals surface area contributed by atoms with Gasteiger partial charge < -0.3 is 0 Å². The van der Waals surface area contributed by atoms with Crippen molar-refractivity contribution in [1.82, 2.24) is 24.5 Å². The number of aromatic nitrogens is 5. The van der Waals surface area contributed by atoms with Crippen LogP contribution in [0.1, 0.15) is 0 Å². The van der Waals surface area contributed by atoms with Gasteiger partial charge in [0.2, 0.25) is 0 Å². The predicted octanol–water partition coefficient (Wildman–Crippen LogP) is 12.5. The Morgan fingerprint density at radius 3 is 1.49 bits per heavy atom. The van der Waals surface area contributed by atoms with Crippen molar-refractivity contribution in [3.63, 3.8) is 0 Å². The van der Waals surface area contributed by atoms with Gasteiger partial charge in [0.05, 0.1) is 11.0 Å². The van der Waals surface area contributed by atoms with Crippen LogP contribution in [0.3, 0.4) is 0 Å². The summed E-state index contributed by atoms with van der Waals surface area (Å²) in [6, 6.07) is 65.8. The fourth-order valence-electron chi connectivity index (χ4n) is 7.95. The van der Waals surface area contributed by atoms with Crippen LogP contribution in [0.15, 0.2) is 188 Å². The molecule has 11 rings (SSSR count). The molecule has 0 amide bonds. The monoisotopic (exact) mass is 701 g/mol. The van der Waals surface area contributed by atoms with Crippen LogP contribution in [0.25, 0.3) is 105 Å². The van der Waals surface area contributed by atoms with Crippen molar-refractivity contribution in [2.45, 2.75) is 0 Å². The summed E-state index contributed by atoms with van der Waals surface area (Å²) in [5.74, 6) is 2.73. The van der Waals surface area contributed by atoms with E-state index in [9.17, 15) is 0 Å². The molecule has 256 valence electrons. The molecule has 0 unspecified atom stereocenters. The van der Waals surface area contributed by atoms with Gasteiger partial charge in [0.15, 0.2) is 17.5 Å². The number of fused-ring (bicyclic) bond motifs is 8. The van der Waals surface area contributed by atoms with Gasteiger partial charge in [-0.1, -0.05) is 158 Å². The fourth-order valence-corrected chi connectivity index (χ4v) is 7.95. The van der Waals surface area contributed by atoms with E-state index >= 15 is 0 Å². The first kappa shape index (κ1) is 31.1. The van der Waals surface area contributed by atoms with Crippen LogP contribution >= 0.6 is 0 Å². The van der Waals surface area contributed by atoms with Gasteiger partial charge >= 0.3 is 0 Å². The second kappa shape index (κ2) is 12.6. The summed E-state index contributed by atoms with van der Waals surface area (Å²) in [5, 5.41) is 9.46. The highest BCUT2D eigenvalue weighted by Crippen LogP contribution is 2.40. The normalized spacial score (nSPS) is 11.6. The van der Waals surface area contributed by atoms with Crippen molar-refractivity contribution in [1.29, 1.82) is 0 Å². The minimum atomic E-state index is 0.605. The third-order valence-electron chi connectivity index (χ3n) is 10.6. The van der Waals surface area contributed by atoms with E-state index in [1.807, 2.05) is 60.7 Å². The summed E-state index contributed by atoms with van der Waals surface area (Å²) in [7, 11) is 0. The molecule has 2 aromatic heterocycles. The van der Waals surface area contributed by atoms with Crippen molar-refractivity contribution >= 4 is 54.1 Å². The maximum Gasteiger partial charge on any atom is 0.164 e. The van der Waals surface area contributed by atoms with Gasteiger partial charge in [0, 0.05) is 38.7 Å². The maximum atomic E-state index is 5.54. The zero-order chi connectivity index (χ0) is 36.3. The highest BCUT2D eigenvalue weighted by molar-refractivity contribution is 6.24. The topological polar surface area (TPSA) is 56.5 Å². The van der Waals surface area contributed by atoms with Crippen LogP contribution in [-0.2, 0) is 0 Å². The Balaban J connectivity index is 1.18. The minimum Gasteiger partial charge on any atom is -0.292 e. The van der Waals surface area contributed by atoms with Crippen molar-refractivity contribution in [2.75, 3.05) is 0 Å². The molecule has 0 saturated carbocycles.